The number of rotatable bonds is 9. The van der Waals surface area contributed by atoms with E-state index in [2.05, 4.69) is 228 Å². The fraction of sp³-hybridized carbons (Fsp3) is 0.250. The summed E-state index contributed by atoms with van der Waals surface area (Å²) < 4.78 is 0. The second kappa shape index (κ2) is 29.0. The van der Waals surface area contributed by atoms with Gasteiger partial charge in [-0.3, -0.25) is 0 Å². The molecule has 0 aromatic heterocycles. The van der Waals surface area contributed by atoms with E-state index in [-0.39, 0.29) is 0 Å². The van der Waals surface area contributed by atoms with E-state index < -0.39 is 10.0 Å². The summed E-state index contributed by atoms with van der Waals surface area (Å²) in [6.07, 6.45) is 21.2. The Morgan fingerprint density at radius 3 is 1.29 bits per heavy atom. The van der Waals surface area contributed by atoms with Crippen LogP contribution in [0.3, 0.4) is 0 Å². The molecule has 5 aromatic carbocycles. The number of aryl methyl sites for hydroxylation is 3. The topological polar surface area (TPSA) is 3.24 Å². The molecule has 0 spiro atoms. The first-order chi connectivity index (χ1) is 28.4. The van der Waals surface area contributed by atoms with Crippen molar-refractivity contribution in [3.63, 3.8) is 0 Å². The molecule has 1 nitrogen and oxygen atoms in total. The predicted octanol–water partition coefficient (Wildman–Crippen LogP) is 17.5. The molecule has 2 heteroatoms. The van der Waals surface area contributed by atoms with Crippen LogP contribution in [0, 0.1) is 20.8 Å². The lowest BCUT2D eigenvalue weighted by molar-refractivity contribution is 0.895. The van der Waals surface area contributed by atoms with E-state index in [1.807, 2.05) is 61.5 Å². The standard InChI is InChI=1S/C27H28S.C21H21N.4C2H6/c1-5-10-24(11-6-2)28(25-12-8-7-9-13-25,26-18-14-22(3)15-19-26)27-20-16-23(4)17-21-27;1-17-9-11-18(12-10-17)19-13-15-21(16-14-19)22(2)20-7-5-3-4-6-8-20;4*1-2/h5-21H,1H2,2-4H3;3-16,20H,1-2H3;4*1-2H3/b11-6-,24-10+;;;;;. The van der Waals surface area contributed by atoms with Crippen molar-refractivity contribution in [3.8, 4) is 11.1 Å². The van der Waals surface area contributed by atoms with E-state index in [0.29, 0.717) is 6.04 Å². The van der Waals surface area contributed by atoms with Crippen LogP contribution < -0.4 is 4.90 Å². The molecular weight excluding hydrogens is 719 g/mol. The zero-order chi connectivity index (χ0) is 43.3. The van der Waals surface area contributed by atoms with Gasteiger partial charge < -0.3 is 4.90 Å². The fourth-order valence-corrected chi connectivity index (χ4v) is 10.0. The number of allylic oxidation sites excluding steroid dienone is 8. The highest BCUT2D eigenvalue weighted by atomic mass is 32.3. The number of hydrogen-bond acceptors (Lipinski definition) is 1. The van der Waals surface area contributed by atoms with E-state index in [1.54, 1.807) is 0 Å². The Bertz CT molecular complexity index is 1910. The van der Waals surface area contributed by atoms with Crippen molar-refractivity contribution in [3.05, 3.63) is 216 Å². The summed E-state index contributed by atoms with van der Waals surface area (Å²) >= 11 is 0. The molecular formula is C56H73NS. The van der Waals surface area contributed by atoms with Gasteiger partial charge in [-0.05, 0) is 93.4 Å². The molecule has 0 bridgehead atoms. The third-order valence-electron chi connectivity index (χ3n) is 8.87. The monoisotopic (exact) mass is 792 g/mol. The van der Waals surface area contributed by atoms with Gasteiger partial charge in [0.1, 0.15) is 0 Å². The molecule has 0 N–H and O–H groups in total. The van der Waals surface area contributed by atoms with Gasteiger partial charge in [-0.2, -0.15) is 0 Å². The Morgan fingerprint density at radius 2 is 0.897 bits per heavy atom. The summed E-state index contributed by atoms with van der Waals surface area (Å²) in [6.45, 7) is 28.5. The molecule has 0 amide bonds. The molecule has 0 heterocycles. The maximum atomic E-state index is 4.01. The summed E-state index contributed by atoms with van der Waals surface area (Å²) in [6, 6.07) is 46.6. The van der Waals surface area contributed by atoms with Crippen LogP contribution in [0.25, 0.3) is 11.1 Å². The summed E-state index contributed by atoms with van der Waals surface area (Å²) in [5.41, 5.74) is 7.57. The minimum atomic E-state index is -1.63. The van der Waals surface area contributed by atoms with Gasteiger partial charge in [0.05, 0.1) is 6.04 Å². The highest BCUT2D eigenvalue weighted by Crippen LogP contribution is 2.73. The Morgan fingerprint density at radius 1 is 0.517 bits per heavy atom. The lowest BCUT2D eigenvalue weighted by Gasteiger charge is -2.43. The molecule has 1 aliphatic carbocycles. The highest BCUT2D eigenvalue weighted by molar-refractivity contribution is 8.37. The molecule has 0 unspecified atom stereocenters. The van der Waals surface area contributed by atoms with Gasteiger partial charge in [0, 0.05) is 32.3 Å². The molecule has 0 atom stereocenters. The second-order valence-corrected chi connectivity index (χ2v) is 15.6. The van der Waals surface area contributed by atoms with Crippen molar-refractivity contribution in [2.75, 3.05) is 11.9 Å². The fourth-order valence-electron chi connectivity index (χ4n) is 6.08. The SMILES string of the molecule is C=C/C=C(\C=C/C)S(c1ccccc1)(c1ccc(C)cc1)c1ccc(C)cc1.CC.CC.CC.CC.Cc1ccc(-c2ccc(N(C)C3C=CC=CC=C3)cc2)cc1. The molecule has 0 aliphatic heterocycles. The first-order valence-corrected chi connectivity index (χ1v) is 22.9. The molecule has 308 valence electrons. The molecule has 0 radical (unpaired) electrons. The Hall–Kier alpha value is -5.31. The Labute approximate surface area is 357 Å². The van der Waals surface area contributed by atoms with Crippen molar-refractivity contribution >= 4 is 15.7 Å². The van der Waals surface area contributed by atoms with E-state index >= 15 is 0 Å². The van der Waals surface area contributed by atoms with E-state index in [0.717, 1.165) is 0 Å². The van der Waals surface area contributed by atoms with Crippen molar-refractivity contribution in [2.45, 2.75) is 104 Å². The summed E-state index contributed by atoms with van der Waals surface area (Å²) in [7, 11) is 0.502. The first-order valence-electron chi connectivity index (χ1n) is 21.3. The van der Waals surface area contributed by atoms with Crippen molar-refractivity contribution < 1.29 is 0 Å². The van der Waals surface area contributed by atoms with Crippen LogP contribution in [-0.2, 0) is 0 Å². The number of likely N-dealkylation sites (N-methyl/N-ethyl adjacent to an activating group) is 1. The molecule has 5 aromatic rings. The lowest BCUT2D eigenvalue weighted by atomic mass is 10.0. The second-order valence-electron chi connectivity index (χ2n) is 12.5. The minimum Gasteiger partial charge on any atom is -0.365 e. The van der Waals surface area contributed by atoms with E-state index in [4.69, 9.17) is 0 Å². The zero-order valence-corrected chi connectivity index (χ0v) is 38.9. The molecule has 58 heavy (non-hydrogen) atoms. The smallest absolute Gasteiger partial charge is 0.0660 e. The van der Waals surface area contributed by atoms with Crippen LogP contribution in [0.1, 0.15) is 79.0 Å². The maximum absolute atomic E-state index is 4.01. The maximum Gasteiger partial charge on any atom is 0.0660 e. The Kier molecular flexibility index (Phi) is 25.3. The molecule has 6 rings (SSSR count). The van der Waals surface area contributed by atoms with Crippen LogP contribution in [0.15, 0.2) is 214 Å². The average molecular weight is 792 g/mol. The van der Waals surface area contributed by atoms with Gasteiger partial charge >= 0.3 is 0 Å². The van der Waals surface area contributed by atoms with Gasteiger partial charge in [-0.1, -0.05) is 212 Å². The predicted molar refractivity (Wildman–Crippen MR) is 266 cm³/mol. The number of benzene rings is 5. The van der Waals surface area contributed by atoms with Gasteiger partial charge in [0.25, 0.3) is 0 Å². The van der Waals surface area contributed by atoms with Crippen molar-refractivity contribution in [2.24, 2.45) is 0 Å². The average Bonchev–Trinajstić information content (AvgIpc) is 3.59. The quantitative estimate of drug-likeness (QED) is 0.134. The largest absolute Gasteiger partial charge is 0.365 e. The Balaban J connectivity index is 0.000000504. The molecule has 0 saturated carbocycles. The molecule has 1 aliphatic rings. The summed E-state index contributed by atoms with van der Waals surface area (Å²) in [4.78, 5) is 7.55. The van der Waals surface area contributed by atoms with Gasteiger partial charge in [-0.25, -0.2) is 0 Å². The normalized spacial score (nSPS) is 12.0. The zero-order valence-electron chi connectivity index (χ0n) is 38.0. The van der Waals surface area contributed by atoms with Crippen LogP contribution in [0.2, 0.25) is 0 Å². The first kappa shape index (κ1) is 50.7. The van der Waals surface area contributed by atoms with Gasteiger partial charge in [-0.15, -0.1) is 10.0 Å². The van der Waals surface area contributed by atoms with E-state index in [1.165, 1.54) is 53.1 Å². The third kappa shape index (κ3) is 14.3. The third-order valence-corrected chi connectivity index (χ3v) is 12.8. The van der Waals surface area contributed by atoms with E-state index in [9.17, 15) is 0 Å². The van der Waals surface area contributed by atoms with Gasteiger partial charge in [0.2, 0.25) is 0 Å². The van der Waals surface area contributed by atoms with Crippen LogP contribution in [0.4, 0.5) is 5.69 Å². The number of hydrogen-bond donors (Lipinski definition) is 0. The minimum absolute atomic E-state index is 0.292. The summed E-state index contributed by atoms with van der Waals surface area (Å²) in [5.74, 6) is 0. The van der Waals surface area contributed by atoms with Crippen molar-refractivity contribution in [1.82, 2.24) is 0 Å². The summed E-state index contributed by atoms with van der Waals surface area (Å²) in [5, 5.41) is 0. The number of nitrogens with zero attached hydrogens (tertiary/aromatic N) is 1. The molecule has 0 saturated heterocycles. The lowest BCUT2D eigenvalue weighted by Crippen LogP contribution is -2.27. The highest BCUT2D eigenvalue weighted by Gasteiger charge is 2.33. The number of anilines is 1. The van der Waals surface area contributed by atoms with Crippen LogP contribution >= 0.6 is 10.0 Å². The van der Waals surface area contributed by atoms with Crippen LogP contribution in [-0.4, -0.2) is 13.1 Å². The van der Waals surface area contributed by atoms with Gasteiger partial charge in [0.15, 0.2) is 0 Å². The van der Waals surface area contributed by atoms with Crippen molar-refractivity contribution in [1.29, 1.82) is 0 Å². The molecule has 0 fully saturated rings. The van der Waals surface area contributed by atoms with Crippen LogP contribution in [0.5, 0.6) is 0 Å².